The highest BCUT2D eigenvalue weighted by Crippen LogP contribution is 2.16. The summed E-state index contributed by atoms with van der Waals surface area (Å²) in [5.41, 5.74) is 5.48. The van der Waals surface area contributed by atoms with Crippen LogP contribution in [0.3, 0.4) is 0 Å². The minimum absolute atomic E-state index is 0.879. The summed E-state index contributed by atoms with van der Waals surface area (Å²) in [6.45, 7) is 11.9. The topological polar surface area (TPSA) is 15.3 Å². The maximum absolute atomic E-state index is 3.36. The first-order valence-corrected chi connectivity index (χ1v) is 7.12. The van der Waals surface area contributed by atoms with Gasteiger partial charge in [0.05, 0.1) is 6.54 Å². The number of nitrogens with zero attached hydrogens (tertiary/aromatic N) is 1. The molecule has 0 amide bonds. The van der Waals surface area contributed by atoms with Gasteiger partial charge in [0.15, 0.2) is 0 Å². The van der Waals surface area contributed by atoms with Crippen molar-refractivity contribution in [2.75, 3.05) is 32.7 Å². The zero-order chi connectivity index (χ0) is 13.7. The average Bonchev–Trinajstić information content (AvgIpc) is 2.38. The number of benzene rings is 1. The molecule has 1 saturated heterocycles. The minimum atomic E-state index is 0.879. The fraction of sp³-hybridized carbons (Fsp3) is 0.529. The Labute approximate surface area is 117 Å². The predicted octanol–water partition coefficient (Wildman–Crippen LogP) is 2.06. The molecule has 0 unspecified atom stereocenters. The van der Waals surface area contributed by atoms with Crippen molar-refractivity contribution in [1.82, 2.24) is 10.2 Å². The van der Waals surface area contributed by atoms with Gasteiger partial charge in [0.2, 0.25) is 0 Å². The molecule has 0 saturated carbocycles. The van der Waals surface area contributed by atoms with E-state index in [0.717, 1.165) is 39.1 Å². The number of nitrogens with one attached hydrogen (secondary N) is 1. The third-order valence-corrected chi connectivity index (χ3v) is 3.74. The molecule has 19 heavy (non-hydrogen) atoms. The smallest absolute Gasteiger partial charge is 0.0602 e. The molecule has 1 N–H and O–H groups in total. The maximum Gasteiger partial charge on any atom is 0.0602 e. The Kier molecular flexibility index (Phi) is 5.01. The molecule has 0 atom stereocenters. The first kappa shape index (κ1) is 14.1. The molecule has 2 rings (SSSR count). The van der Waals surface area contributed by atoms with E-state index >= 15 is 0 Å². The van der Waals surface area contributed by atoms with Crippen LogP contribution in [0.25, 0.3) is 0 Å². The van der Waals surface area contributed by atoms with E-state index in [4.69, 9.17) is 0 Å². The number of hydrogen-bond acceptors (Lipinski definition) is 2. The van der Waals surface area contributed by atoms with Crippen LogP contribution in [0.4, 0.5) is 0 Å². The minimum Gasteiger partial charge on any atom is -0.314 e. The largest absolute Gasteiger partial charge is 0.314 e. The molecule has 1 aromatic carbocycles. The molecule has 1 aliphatic heterocycles. The summed E-state index contributed by atoms with van der Waals surface area (Å²) >= 11 is 0. The summed E-state index contributed by atoms with van der Waals surface area (Å²) in [6, 6.07) is 4.50. The van der Waals surface area contributed by atoms with Crippen LogP contribution in [0.2, 0.25) is 0 Å². The van der Waals surface area contributed by atoms with Crippen LogP contribution in [0.1, 0.15) is 22.3 Å². The Morgan fingerprint density at radius 3 is 2.32 bits per heavy atom. The van der Waals surface area contributed by atoms with Crippen molar-refractivity contribution in [2.45, 2.75) is 27.2 Å². The molecular weight excluding hydrogens is 232 g/mol. The van der Waals surface area contributed by atoms with Crippen LogP contribution in [0.5, 0.6) is 0 Å². The van der Waals surface area contributed by atoms with Gasteiger partial charge in [-0.2, -0.15) is 0 Å². The van der Waals surface area contributed by atoms with Crippen LogP contribution in [0, 0.1) is 32.6 Å². The van der Waals surface area contributed by atoms with Crippen molar-refractivity contribution < 1.29 is 0 Å². The lowest BCUT2D eigenvalue weighted by Gasteiger charge is -2.24. The van der Waals surface area contributed by atoms with Crippen LogP contribution >= 0.6 is 0 Å². The van der Waals surface area contributed by atoms with Gasteiger partial charge < -0.3 is 5.32 Å². The van der Waals surface area contributed by atoms with Gasteiger partial charge in [0.1, 0.15) is 0 Å². The van der Waals surface area contributed by atoms with E-state index in [9.17, 15) is 0 Å². The van der Waals surface area contributed by atoms with Gasteiger partial charge in [0.25, 0.3) is 0 Å². The second-order valence-corrected chi connectivity index (χ2v) is 5.43. The van der Waals surface area contributed by atoms with Gasteiger partial charge in [0, 0.05) is 32.6 Å². The molecule has 1 aliphatic rings. The van der Waals surface area contributed by atoms with Crippen LogP contribution < -0.4 is 5.32 Å². The van der Waals surface area contributed by atoms with Crippen molar-refractivity contribution >= 4 is 0 Å². The lowest BCUT2D eigenvalue weighted by atomic mass is 9.98. The molecule has 0 spiro atoms. The lowest BCUT2D eigenvalue weighted by Crippen LogP contribution is -2.43. The van der Waals surface area contributed by atoms with Crippen LogP contribution in [-0.4, -0.2) is 37.6 Å². The Morgan fingerprint density at radius 2 is 1.68 bits per heavy atom. The molecule has 0 aromatic heterocycles. The van der Waals surface area contributed by atoms with E-state index in [-0.39, 0.29) is 0 Å². The Bertz CT molecular complexity index is 465. The number of hydrogen-bond donors (Lipinski definition) is 1. The summed E-state index contributed by atoms with van der Waals surface area (Å²) in [5, 5.41) is 3.36. The van der Waals surface area contributed by atoms with Gasteiger partial charge in [-0.1, -0.05) is 29.5 Å². The second kappa shape index (κ2) is 6.75. The fourth-order valence-corrected chi connectivity index (χ4v) is 2.68. The summed E-state index contributed by atoms with van der Waals surface area (Å²) < 4.78 is 0. The molecule has 0 aliphatic carbocycles. The van der Waals surface area contributed by atoms with E-state index in [1.807, 2.05) is 0 Å². The lowest BCUT2D eigenvalue weighted by molar-refractivity contribution is 0.268. The predicted molar refractivity (Wildman–Crippen MR) is 81.4 cm³/mol. The van der Waals surface area contributed by atoms with Gasteiger partial charge in [-0.15, -0.1) is 0 Å². The SMILES string of the molecule is Cc1cc(C)c(CC#CCN2CCNCC2)c(C)c1. The van der Waals surface area contributed by atoms with Crippen molar-refractivity contribution in [3.63, 3.8) is 0 Å². The van der Waals surface area contributed by atoms with E-state index in [1.165, 1.54) is 22.3 Å². The van der Waals surface area contributed by atoms with Crippen LogP contribution in [-0.2, 0) is 6.42 Å². The number of aryl methyl sites for hydroxylation is 3. The highest BCUT2D eigenvalue weighted by molar-refractivity contribution is 5.39. The van der Waals surface area contributed by atoms with Gasteiger partial charge in [-0.05, 0) is 37.5 Å². The standard InChI is InChI=1S/C17H24N2/c1-14-12-15(2)17(16(3)13-14)6-4-5-9-19-10-7-18-8-11-19/h12-13,18H,6-11H2,1-3H3. The van der Waals surface area contributed by atoms with Crippen molar-refractivity contribution in [1.29, 1.82) is 0 Å². The summed E-state index contributed by atoms with van der Waals surface area (Å²) in [6.07, 6.45) is 0.879. The molecule has 1 fully saturated rings. The Hall–Kier alpha value is -1.30. The Morgan fingerprint density at radius 1 is 1.05 bits per heavy atom. The monoisotopic (exact) mass is 256 g/mol. The maximum atomic E-state index is 3.36. The first-order chi connectivity index (χ1) is 9.16. The number of piperazine rings is 1. The molecule has 2 heteroatoms. The molecule has 102 valence electrons. The van der Waals surface area contributed by atoms with E-state index in [1.54, 1.807) is 0 Å². The van der Waals surface area contributed by atoms with E-state index in [0.29, 0.717) is 0 Å². The number of rotatable bonds is 2. The Balaban J connectivity index is 1.92. The van der Waals surface area contributed by atoms with Crippen LogP contribution in [0.15, 0.2) is 12.1 Å². The van der Waals surface area contributed by atoms with E-state index < -0.39 is 0 Å². The van der Waals surface area contributed by atoms with E-state index in [2.05, 4.69) is 55.0 Å². The second-order valence-electron chi connectivity index (χ2n) is 5.43. The average molecular weight is 256 g/mol. The van der Waals surface area contributed by atoms with Crippen molar-refractivity contribution in [2.24, 2.45) is 0 Å². The molecule has 2 nitrogen and oxygen atoms in total. The molecular formula is C17H24N2. The summed E-state index contributed by atoms with van der Waals surface area (Å²) in [4.78, 5) is 2.42. The summed E-state index contributed by atoms with van der Waals surface area (Å²) in [7, 11) is 0. The van der Waals surface area contributed by atoms with Gasteiger partial charge >= 0.3 is 0 Å². The molecule has 1 aromatic rings. The molecule has 1 heterocycles. The molecule has 0 bridgehead atoms. The highest BCUT2D eigenvalue weighted by atomic mass is 15.2. The zero-order valence-electron chi connectivity index (χ0n) is 12.3. The fourth-order valence-electron chi connectivity index (χ4n) is 2.68. The van der Waals surface area contributed by atoms with Crippen molar-refractivity contribution in [3.8, 4) is 11.8 Å². The third kappa shape index (κ3) is 4.09. The molecule has 0 radical (unpaired) electrons. The zero-order valence-corrected chi connectivity index (χ0v) is 12.3. The summed E-state index contributed by atoms with van der Waals surface area (Å²) in [5.74, 6) is 6.66. The highest BCUT2D eigenvalue weighted by Gasteiger charge is 2.06. The van der Waals surface area contributed by atoms with Gasteiger partial charge in [-0.3, -0.25) is 4.90 Å². The normalized spacial score (nSPS) is 15.9. The van der Waals surface area contributed by atoms with Crippen molar-refractivity contribution in [3.05, 3.63) is 34.4 Å². The third-order valence-electron chi connectivity index (χ3n) is 3.74. The quantitative estimate of drug-likeness (QED) is 0.815. The van der Waals surface area contributed by atoms with Gasteiger partial charge in [-0.25, -0.2) is 0 Å². The first-order valence-electron chi connectivity index (χ1n) is 7.12.